The number of carbonyl (C=O) groups excluding carboxylic acids is 1. The molecular formula is C25H25NO5S2. The number of methoxy groups -OCH3 is 1. The van der Waals surface area contributed by atoms with Gasteiger partial charge in [0, 0.05) is 22.6 Å². The molecule has 0 radical (unpaired) electrons. The van der Waals surface area contributed by atoms with Gasteiger partial charge in [-0.25, -0.2) is 8.42 Å². The molecule has 3 aromatic rings. The van der Waals surface area contributed by atoms with E-state index in [1.165, 1.54) is 43.4 Å². The van der Waals surface area contributed by atoms with Crippen molar-refractivity contribution in [1.29, 1.82) is 0 Å². The van der Waals surface area contributed by atoms with Gasteiger partial charge < -0.3 is 14.8 Å². The van der Waals surface area contributed by atoms with E-state index in [2.05, 4.69) is 5.32 Å². The largest absolute Gasteiger partial charge is 0.497 e. The van der Waals surface area contributed by atoms with E-state index in [9.17, 15) is 13.2 Å². The van der Waals surface area contributed by atoms with Gasteiger partial charge in [-0.3, -0.25) is 4.79 Å². The maximum absolute atomic E-state index is 13.4. The first-order valence-electron chi connectivity index (χ1n) is 11.0. The number of carbonyl (C=O) groups is 1. The Morgan fingerprint density at radius 3 is 2.52 bits per heavy atom. The molecule has 33 heavy (non-hydrogen) atoms. The van der Waals surface area contributed by atoms with Crippen molar-refractivity contribution in [3.63, 3.8) is 0 Å². The number of nitrogens with one attached hydrogen (secondary N) is 1. The number of rotatable bonds is 6. The summed E-state index contributed by atoms with van der Waals surface area (Å²) in [6.07, 6.45) is 5.03. The lowest BCUT2D eigenvalue weighted by atomic mass is 9.90. The van der Waals surface area contributed by atoms with Crippen molar-refractivity contribution in [2.24, 2.45) is 0 Å². The minimum absolute atomic E-state index is 0.129. The summed E-state index contributed by atoms with van der Waals surface area (Å²) >= 11 is 1.37. The molecule has 1 atom stereocenters. The minimum atomic E-state index is -3.80. The predicted octanol–water partition coefficient (Wildman–Crippen LogP) is 5.39. The van der Waals surface area contributed by atoms with Crippen LogP contribution in [0, 0.1) is 0 Å². The highest BCUT2D eigenvalue weighted by molar-refractivity contribution is 7.91. The van der Waals surface area contributed by atoms with Crippen LogP contribution in [0.15, 0.2) is 63.7 Å². The average molecular weight is 484 g/mol. The average Bonchev–Trinajstić information content (AvgIpc) is 3.49. The summed E-state index contributed by atoms with van der Waals surface area (Å²) < 4.78 is 38.0. The Bertz CT molecular complexity index is 1270. The number of thiophene rings is 1. The van der Waals surface area contributed by atoms with Gasteiger partial charge in [0.2, 0.25) is 15.7 Å². The fraction of sp³-hybridized carbons (Fsp3) is 0.320. The Labute approximate surface area is 197 Å². The summed E-state index contributed by atoms with van der Waals surface area (Å²) in [6.45, 7) is 0. The molecule has 1 fully saturated rings. The monoisotopic (exact) mass is 483 g/mol. The number of anilines is 1. The number of amides is 1. The maximum Gasteiger partial charge on any atom is 0.225 e. The van der Waals surface area contributed by atoms with Gasteiger partial charge in [0.25, 0.3) is 0 Å². The molecular weight excluding hydrogens is 458 g/mol. The van der Waals surface area contributed by atoms with Crippen LogP contribution in [0.2, 0.25) is 0 Å². The lowest BCUT2D eigenvalue weighted by Crippen LogP contribution is -2.23. The van der Waals surface area contributed by atoms with Gasteiger partial charge in [-0.15, -0.1) is 11.3 Å². The van der Waals surface area contributed by atoms with Gasteiger partial charge >= 0.3 is 0 Å². The molecule has 1 aliphatic heterocycles. The van der Waals surface area contributed by atoms with Crippen molar-refractivity contribution in [1.82, 2.24) is 0 Å². The van der Waals surface area contributed by atoms with Crippen molar-refractivity contribution >= 4 is 32.8 Å². The highest BCUT2D eigenvalue weighted by atomic mass is 32.2. The normalized spacial score (nSPS) is 18.6. The van der Waals surface area contributed by atoms with Crippen LogP contribution in [0.5, 0.6) is 11.5 Å². The highest BCUT2D eigenvalue weighted by Gasteiger charge is 2.34. The van der Waals surface area contributed by atoms with Crippen LogP contribution < -0.4 is 14.8 Å². The molecule has 0 bridgehead atoms. The highest BCUT2D eigenvalue weighted by Crippen LogP contribution is 2.46. The molecule has 0 spiro atoms. The van der Waals surface area contributed by atoms with E-state index in [4.69, 9.17) is 9.47 Å². The van der Waals surface area contributed by atoms with E-state index in [1.54, 1.807) is 17.5 Å². The van der Waals surface area contributed by atoms with Crippen LogP contribution in [-0.4, -0.2) is 27.5 Å². The zero-order chi connectivity index (χ0) is 23.0. The van der Waals surface area contributed by atoms with Crippen LogP contribution >= 0.6 is 11.3 Å². The fourth-order valence-corrected chi connectivity index (χ4v) is 7.46. The van der Waals surface area contributed by atoms with Crippen molar-refractivity contribution in [2.75, 3.05) is 12.4 Å². The molecule has 2 aromatic carbocycles. The Hall–Kier alpha value is -2.84. The first kappa shape index (κ1) is 22.0. The molecule has 1 aromatic heterocycles. The third-order valence-electron chi connectivity index (χ3n) is 6.28. The Morgan fingerprint density at radius 2 is 1.79 bits per heavy atom. The molecule has 1 saturated carbocycles. The lowest BCUT2D eigenvalue weighted by Gasteiger charge is -2.24. The number of hydrogen-bond donors (Lipinski definition) is 1. The molecule has 6 nitrogen and oxygen atoms in total. The van der Waals surface area contributed by atoms with Crippen LogP contribution in [-0.2, 0) is 14.6 Å². The first-order chi connectivity index (χ1) is 16.0. The summed E-state index contributed by atoms with van der Waals surface area (Å²) in [4.78, 5) is 13.8. The van der Waals surface area contributed by atoms with Gasteiger partial charge in [0.05, 0.1) is 23.8 Å². The molecule has 1 amide bonds. The standard InChI is InChI=1S/C25H25NO5S2/c1-30-17-9-11-20(12-10-17)33(28,29)22-15-32-25-21(14-23(27)26-24(22)25)16-5-4-8-19(13-16)31-18-6-2-3-7-18/h4-5,8-13,15,18,21H,2-3,6-7,14H2,1H3,(H,26,27). The summed E-state index contributed by atoms with van der Waals surface area (Å²) in [7, 11) is -2.27. The second-order valence-electron chi connectivity index (χ2n) is 8.42. The second-order valence-corrected chi connectivity index (χ2v) is 11.2. The van der Waals surface area contributed by atoms with Crippen molar-refractivity contribution in [2.45, 2.75) is 53.9 Å². The third-order valence-corrected chi connectivity index (χ3v) is 9.32. The Kier molecular flexibility index (Phi) is 5.88. The molecule has 172 valence electrons. The minimum Gasteiger partial charge on any atom is -0.497 e. The van der Waals surface area contributed by atoms with Crippen LogP contribution in [0.25, 0.3) is 0 Å². The third kappa shape index (κ3) is 4.25. The van der Waals surface area contributed by atoms with Gasteiger partial charge in [-0.05, 0) is 67.6 Å². The van der Waals surface area contributed by atoms with Gasteiger partial charge in [0.15, 0.2) is 0 Å². The second kappa shape index (κ2) is 8.83. The van der Waals surface area contributed by atoms with Crippen LogP contribution in [0.1, 0.15) is 48.5 Å². The molecule has 8 heteroatoms. The van der Waals surface area contributed by atoms with Crippen molar-refractivity contribution in [3.8, 4) is 11.5 Å². The van der Waals surface area contributed by atoms with Crippen LogP contribution in [0.3, 0.4) is 0 Å². The SMILES string of the molecule is COc1ccc(S(=O)(=O)c2csc3c2NC(=O)CC3c2cccc(OC3CCCC3)c2)cc1. The van der Waals surface area contributed by atoms with Crippen LogP contribution in [0.4, 0.5) is 5.69 Å². The van der Waals surface area contributed by atoms with E-state index in [1.807, 2.05) is 24.3 Å². The van der Waals surface area contributed by atoms with Crippen molar-refractivity contribution in [3.05, 3.63) is 64.4 Å². The molecule has 1 unspecified atom stereocenters. The number of benzene rings is 2. The maximum atomic E-state index is 13.4. The zero-order valence-corrected chi connectivity index (χ0v) is 19.9. The summed E-state index contributed by atoms with van der Waals surface area (Å²) in [6, 6.07) is 14.1. The Morgan fingerprint density at radius 1 is 1.03 bits per heavy atom. The van der Waals surface area contributed by atoms with Crippen molar-refractivity contribution < 1.29 is 22.7 Å². The number of fused-ring (bicyclic) bond motifs is 1. The van der Waals surface area contributed by atoms with E-state index in [0.29, 0.717) is 11.4 Å². The predicted molar refractivity (Wildman–Crippen MR) is 127 cm³/mol. The van der Waals surface area contributed by atoms with Gasteiger partial charge in [-0.1, -0.05) is 12.1 Å². The van der Waals surface area contributed by atoms with E-state index in [-0.39, 0.29) is 34.1 Å². The number of ether oxygens (including phenoxy) is 2. The smallest absolute Gasteiger partial charge is 0.225 e. The first-order valence-corrected chi connectivity index (χ1v) is 13.4. The number of hydrogen-bond acceptors (Lipinski definition) is 6. The van der Waals surface area contributed by atoms with E-state index < -0.39 is 9.84 Å². The zero-order valence-electron chi connectivity index (χ0n) is 18.2. The van der Waals surface area contributed by atoms with Gasteiger partial charge in [0.1, 0.15) is 16.4 Å². The summed E-state index contributed by atoms with van der Waals surface area (Å²) in [5.41, 5.74) is 1.34. The topological polar surface area (TPSA) is 81.7 Å². The Balaban J connectivity index is 1.49. The molecule has 5 rings (SSSR count). The molecule has 2 aliphatic rings. The molecule has 0 saturated heterocycles. The van der Waals surface area contributed by atoms with E-state index >= 15 is 0 Å². The molecule has 1 aliphatic carbocycles. The lowest BCUT2D eigenvalue weighted by molar-refractivity contribution is -0.116. The molecule has 1 N–H and O–H groups in total. The van der Waals surface area contributed by atoms with Gasteiger partial charge in [-0.2, -0.15) is 0 Å². The number of sulfone groups is 1. The fourth-order valence-electron chi connectivity index (χ4n) is 4.56. The summed E-state index contributed by atoms with van der Waals surface area (Å²) in [5.74, 6) is 0.967. The quantitative estimate of drug-likeness (QED) is 0.509. The summed E-state index contributed by atoms with van der Waals surface area (Å²) in [5, 5.41) is 4.44. The van der Waals surface area contributed by atoms with E-state index in [0.717, 1.165) is 29.0 Å². The molecule has 2 heterocycles.